The van der Waals surface area contributed by atoms with Crippen molar-refractivity contribution in [2.45, 2.75) is 25.9 Å². The first kappa shape index (κ1) is 6.18. The minimum absolute atomic E-state index is 0.744. The van der Waals surface area contributed by atoms with Crippen molar-refractivity contribution in [2.24, 2.45) is 5.40 Å². The molecular weight excluding hydrogens is 90.1 g/mol. The molecule has 0 aliphatic rings. The molecular formula is C4H13NSi. The Kier molecular flexibility index (Phi) is 2.44. The zero-order chi connectivity index (χ0) is 5.15. The standard InChI is InChI=1S/C4H13NSi/c1-4(2)6(3)5/h4,6H,5H2,1-3H3. The van der Waals surface area contributed by atoms with E-state index in [4.69, 9.17) is 5.40 Å². The van der Waals surface area contributed by atoms with Crippen LogP contribution in [0, 0.1) is 0 Å². The van der Waals surface area contributed by atoms with Crippen molar-refractivity contribution in [2.75, 3.05) is 0 Å². The van der Waals surface area contributed by atoms with E-state index in [0.717, 1.165) is 5.54 Å². The minimum atomic E-state index is -0.744. The van der Waals surface area contributed by atoms with Gasteiger partial charge in [-0.3, -0.25) is 0 Å². The Labute approximate surface area is 41.2 Å². The number of nitrogens with two attached hydrogens (primary N) is 1. The maximum absolute atomic E-state index is 5.57. The van der Waals surface area contributed by atoms with Gasteiger partial charge in [0.15, 0.2) is 0 Å². The number of hydrogen-bond donors (Lipinski definition) is 1. The van der Waals surface area contributed by atoms with Gasteiger partial charge in [-0.15, -0.1) is 0 Å². The summed E-state index contributed by atoms with van der Waals surface area (Å²) < 4.78 is 0. The first-order valence-electron chi connectivity index (χ1n) is 2.40. The third-order valence-electron chi connectivity index (χ3n) is 1.05. The van der Waals surface area contributed by atoms with Crippen molar-refractivity contribution in [1.29, 1.82) is 0 Å². The average Bonchev–Trinajstić information content (AvgIpc) is 1.36. The fourth-order valence-corrected chi connectivity index (χ4v) is 0. The van der Waals surface area contributed by atoms with Gasteiger partial charge in [-0.05, 0) is 5.54 Å². The van der Waals surface area contributed by atoms with Gasteiger partial charge in [-0.25, -0.2) is 0 Å². The van der Waals surface area contributed by atoms with Gasteiger partial charge < -0.3 is 5.40 Å². The molecule has 0 aromatic rings. The summed E-state index contributed by atoms with van der Waals surface area (Å²) in [6, 6.07) is 0. The lowest BCUT2D eigenvalue weighted by atomic mass is 10.6. The second-order valence-corrected chi connectivity index (χ2v) is 5.15. The molecule has 2 N–H and O–H groups in total. The van der Waals surface area contributed by atoms with Crippen LogP contribution < -0.4 is 5.40 Å². The first-order chi connectivity index (χ1) is 2.64. The maximum Gasteiger partial charge on any atom is 0.105 e. The summed E-state index contributed by atoms with van der Waals surface area (Å²) in [6.07, 6.45) is 0. The van der Waals surface area contributed by atoms with Crippen LogP contribution in [0.15, 0.2) is 0 Å². The summed E-state index contributed by atoms with van der Waals surface area (Å²) in [6.45, 7) is 6.51. The summed E-state index contributed by atoms with van der Waals surface area (Å²) in [4.78, 5) is 0. The van der Waals surface area contributed by atoms with Gasteiger partial charge in [0, 0.05) is 0 Å². The molecule has 0 heterocycles. The molecule has 0 aromatic heterocycles. The lowest BCUT2D eigenvalue weighted by Crippen LogP contribution is -2.23. The lowest BCUT2D eigenvalue weighted by Gasteiger charge is -2.03. The monoisotopic (exact) mass is 103 g/mol. The molecule has 0 saturated heterocycles. The minimum Gasteiger partial charge on any atom is -0.353 e. The van der Waals surface area contributed by atoms with Crippen molar-refractivity contribution in [1.82, 2.24) is 0 Å². The van der Waals surface area contributed by atoms with E-state index in [-0.39, 0.29) is 0 Å². The highest BCUT2D eigenvalue weighted by molar-refractivity contribution is 6.55. The van der Waals surface area contributed by atoms with Gasteiger partial charge in [-0.2, -0.15) is 0 Å². The summed E-state index contributed by atoms with van der Waals surface area (Å²) in [5.41, 5.74) is 0.769. The molecule has 38 valence electrons. The Balaban J connectivity index is 2.99. The Bertz CT molecular complexity index is 28.5. The predicted octanol–water partition coefficient (Wildman–Crippen LogP) is 0.709. The van der Waals surface area contributed by atoms with Crippen LogP contribution in [0.5, 0.6) is 0 Å². The van der Waals surface area contributed by atoms with Crippen LogP contribution in [0.1, 0.15) is 13.8 Å². The molecule has 0 radical (unpaired) electrons. The first-order valence-corrected chi connectivity index (χ1v) is 4.89. The summed E-state index contributed by atoms with van der Waals surface area (Å²) in [5, 5.41) is 5.57. The van der Waals surface area contributed by atoms with Crippen molar-refractivity contribution in [3.05, 3.63) is 0 Å². The van der Waals surface area contributed by atoms with Crippen LogP contribution in [0.25, 0.3) is 0 Å². The third kappa shape index (κ3) is 2.42. The molecule has 0 aliphatic heterocycles. The maximum atomic E-state index is 5.57. The molecule has 0 aliphatic carbocycles. The summed E-state index contributed by atoms with van der Waals surface area (Å²) >= 11 is 0. The predicted molar refractivity (Wildman–Crippen MR) is 32.3 cm³/mol. The molecule has 6 heavy (non-hydrogen) atoms. The van der Waals surface area contributed by atoms with Crippen LogP contribution in [0.3, 0.4) is 0 Å². The summed E-state index contributed by atoms with van der Waals surface area (Å²) in [7, 11) is -0.744. The quantitative estimate of drug-likeness (QED) is 0.486. The van der Waals surface area contributed by atoms with Crippen LogP contribution in [-0.2, 0) is 0 Å². The molecule has 0 fully saturated rings. The van der Waals surface area contributed by atoms with Gasteiger partial charge in [0.2, 0.25) is 0 Å². The van der Waals surface area contributed by atoms with Crippen LogP contribution >= 0.6 is 0 Å². The van der Waals surface area contributed by atoms with Gasteiger partial charge in [-0.1, -0.05) is 20.4 Å². The van der Waals surface area contributed by atoms with Gasteiger partial charge in [0.25, 0.3) is 0 Å². The molecule has 2 heteroatoms. The zero-order valence-electron chi connectivity index (χ0n) is 4.73. The molecule has 1 nitrogen and oxygen atoms in total. The van der Waals surface area contributed by atoms with E-state index in [0.29, 0.717) is 0 Å². The van der Waals surface area contributed by atoms with E-state index in [9.17, 15) is 0 Å². The van der Waals surface area contributed by atoms with Gasteiger partial charge in [0.1, 0.15) is 8.96 Å². The van der Waals surface area contributed by atoms with E-state index in [2.05, 4.69) is 20.4 Å². The van der Waals surface area contributed by atoms with Crippen LogP contribution in [0.4, 0.5) is 0 Å². The van der Waals surface area contributed by atoms with Crippen LogP contribution in [0.2, 0.25) is 12.1 Å². The Morgan fingerprint density at radius 3 is 1.67 bits per heavy atom. The number of hydrogen-bond acceptors (Lipinski definition) is 1. The molecule has 0 aromatic carbocycles. The molecule has 0 saturated carbocycles. The third-order valence-corrected chi connectivity index (χ3v) is 3.15. The van der Waals surface area contributed by atoms with E-state index in [1.54, 1.807) is 0 Å². The summed E-state index contributed by atoms with van der Waals surface area (Å²) in [5.74, 6) is 0. The number of rotatable bonds is 1. The van der Waals surface area contributed by atoms with Crippen molar-refractivity contribution >= 4 is 8.96 Å². The Morgan fingerprint density at radius 1 is 1.50 bits per heavy atom. The molecule has 0 amide bonds. The second-order valence-electron chi connectivity index (χ2n) is 2.10. The van der Waals surface area contributed by atoms with Crippen LogP contribution in [-0.4, -0.2) is 8.96 Å². The van der Waals surface area contributed by atoms with E-state index in [1.165, 1.54) is 0 Å². The van der Waals surface area contributed by atoms with Crippen molar-refractivity contribution in [3.63, 3.8) is 0 Å². The lowest BCUT2D eigenvalue weighted by molar-refractivity contribution is 1.03. The molecule has 0 rings (SSSR count). The largest absolute Gasteiger partial charge is 0.353 e. The highest BCUT2D eigenvalue weighted by Crippen LogP contribution is 1.99. The zero-order valence-corrected chi connectivity index (χ0v) is 5.89. The fraction of sp³-hybridized carbons (Fsp3) is 1.00. The molecule has 0 bridgehead atoms. The fourth-order valence-electron chi connectivity index (χ4n) is 0. The highest BCUT2D eigenvalue weighted by Gasteiger charge is 1.98. The Hall–Kier alpha value is 0.177. The van der Waals surface area contributed by atoms with E-state index < -0.39 is 8.96 Å². The van der Waals surface area contributed by atoms with E-state index >= 15 is 0 Å². The molecule has 1 unspecified atom stereocenters. The van der Waals surface area contributed by atoms with Gasteiger partial charge >= 0.3 is 0 Å². The van der Waals surface area contributed by atoms with Gasteiger partial charge in [0.05, 0.1) is 0 Å². The normalized spacial score (nSPS) is 15.5. The van der Waals surface area contributed by atoms with Crippen molar-refractivity contribution in [3.8, 4) is 0 Å². The Morgan fingerprint density at radius 2 is 1.67 bits per heavy atom. The van der Waals surface area contributed by atoms with E-state index in [1.807, 2.05) is 0 Å². The molecule has 1 atom stereocenters. The SMILES string of the molecule is CC(C)[SiH](C)N. The smallest absolute Gasteiger partial charge is 0.105 e. The highest BCUT2D eigenvalue weighted by atomic mass is 28.3. The average molecular weight is 103 g/mol. The van der Waals surface area contributed by atoms with Crippen molar-refractivity contribution < 1.29 is 0 Å². The molecule has 0 spiro atoms. The second kappa shape index (κ2) is 2.37. The topological polar surface area (TPSA) is 26.0 Å².